The number of nitrogens with zero attached hydrogens (tertiary/aromatic N) is 1. The molecule has 7 heteroatoms. The van der Waals surface area contributed by atoms with Crippen LogP contribution in [0.1, 0.15) is 74.1 Å². The lowest BCUT2D eigenvalue weighted by molar-refractivity contribution is 0.0863. The van der Waals surface area contributed by atoms with Crippen molar-refractivity contribution < 1.29 is 18.0 Å². The van der Waals surface area contributed by atoms with Crippen molar-refractivity contribution in [2.24, 2.45) is 5.92 Å². The molecule has 2 amide bonds. The summed E-state index contributed by atoms with van der Waals surface area (Å²) >= 11 is 0. The number of carbonyl (C=O) groups is 2. The molecule has 1 saturated carbocycles. The van der Waals surface area contributed by atoms with Crippen LogP contribution in [-0.4, -0.2) is 37.1 Å². The lowest BCUT2D eigenvalue weighted by Gasteiger charge is -2.45. The van der Waals surface area contributed by atoms with Gasteiger partial charge in [0.1, 0.15) is 4.90 Å². The van der Waals surface area contributed by atoms with Crippen LogP contribution in [-0.2, 0) is 10.0 Å². The Bertz CT molecular complexity index is 1480. The Morgan fingerprint density at radius 1 is 0.914 bits per heavy atom. The molecule has 5 aliphatic rings. The van der Waals surface area contributed by atoms with Gasteiger partial charge in [0.05, 0.1) is 5.56 Å². The van der Waals surface area contributed by atoms with Gasteiger partial charge >= 0.3 is 0 Å². The first-order valence-electron chi connectivity index (χ1n) is 12.1. The van der Waals surface area contributed by atoms with E-state index in [0.29, 0.717) is 25.3 Å². The minimum absolute atomic E-state index is 0.0540. The number of benzene rings is 3. The van der Waals surface area contributed by atoms with Gasteiger partial charge in [-0.3, -0.25) is 9.59 Å². The fraction of sp³-hybridized carbons (Fsp3) is 0.286. The molecule has 176 valence electrons. The molecule has 2 bridgehead atoms. The zero-order valence-electron chi connectivity index (χ0n) is 19.0. The number of hydrogen-bond acceptors (Lipinski definition) is 4. The number of rotatable bonds is 4. The van der Waals surface area contributed by atoms with Crippen LogP contribution in [0.4, 0.5) is 0 Å². The van der Waals surface area contributed by atoms with E-state index in [1.54, 1.807) is 6.07 Å². The lowest BCUT2D eigenvalue weighted by atomic mass is 9.59. The Balaban J connectivity index is 1.15. The molecular weight excluding hydrogens is 460 g/mol. The average Bonchev–Trinajstić information content (AvgIpc) is 3.69. The zero-order chi connectivity index (χ0) is 23.9. The highest BCUT2D eigenvalue weighted by atomic mass is 32.2. The highest BCUT2D eigenvalue weighted by Gasteiger charge is 2.49. The smallest absolute Gasteiger partial charge is 0.269 e. The van der Waals surface area contributed by atoms with E-state index >= 15 is 0 Å². The van der Waals surface area contributed by atoms with E-state index in [9.17, 15) is 18.0 Å². The molecule has 0 saturated heterocycles. The van der Waals surface area contributed by atoms with Crippen LogP contribution in [0, 0.1) is 5.92 Å². The van der Waals surface area contributed by atoms with Gasteiger partial charge in [-0.2, -0.15) is 0 Å². The van der Waals surface area contributed by atoms with Crippen LogP contribution in [0.2, 0.25) is 0 Å². The van der Waals surface area contributed by atoms with Gasteiger partial charge in [-0.1, -0.05) is 48.5 Å². The van der Waals surface area contributed by atoms with Crippen molar-refractivity contribution in [3.05, 3.63) is 100 Å². The van der Waals surface area contributed by atoms with Crippen molar-refractivity contribution in [3.8, 4) is 0 Å². The molecule has 4 aliphatic carbocycles. The largest absolute Gasteiger partial charge is 0.352 e. The number of carbonyl (C=O) groups excluding carboxylic acids is 2. The van der Waals surface area contributed by atoms with Crippen molar-refractivity contribution in [2.45, 2.75) is 42.0 Å². The normalized spacial score (nSPS) is 25.1. The van der Waals surface area contributed by atoms with E-state index in [-0.39, 0.29) is 39.8 Å². The molecule has 1 fully saturated rings. The minimum atomic E-state index is -3.89. The average molecular weight is 485 g/mol. The summed E-state index contributed by atoms with van der Waals surface area (Å²) < 4.78 is 26.9. The van der Waals surface area contributed by atoms with Gasteiger partial charge in [-0.15, -0.1) is 0 Å². The summed E-state index contributed by atoms with van der Waals surface area (Å²) in [6.45, 7) is 0.500. The Kier molecular flexibility index (Phi) is 4.34. The molecule has 8 rings (SSSR count). The van der Waals surface area contributed by atoms with E-state index in [1.807, 2.05) is 0 Å². The van der Waals surface area contributed by atoms with E-state index in [1.165, 1.54) is 34.4 Å². The SMILES string of the molecule is O=C(NCC1CC2c3ccccc3C1c1ccccc12)c1ccc2c(c1)S(=O)(=O)N(C1CC1)C2=O. The van der Waals surface area contributed by atoms with E-state index < -0.39 is 15.9 Å². The third-order valence-electron chi connectivity index (χ3n) is 8.04. The molecule has 0 aromatic heterocycles. The van der Waals surface area contributed by atoms with E-state index in [4.69, 9.17) is 0 Å². The van der Waals surface area contributed by atoms with Gasteiger partial charge in [-0.25, -0.2) is 12.7 Å². The summed E-state index contributed by atoms with van der Waals surface area (Å²) in [6.07, 6.45) is 2.35. The third-order valence-corrected chi connectivity index (χ3v) is 9.91. The van der Waals surface area contributed by atoms with Gasteiger partial charge in [-0.05, 0) is 65.6 Å². The summed E-state index contributed by atoms with van der Waals surface area (Å²) in [5.74, 6) is -0.0103. The first-order valence-corrected chi connectivity index (χ1v) is 13.6. The van der Waals surface area contributed by atoms with Gasteiger partial charge in [0.2, 0.25) is 0 Å². The number of nitrogens with one attached hydrogen (secondary N) is 1. The predicted octanol–water partition coefficient (Wildman–Crippen LogP) is 4.02. The fourth-order valence-corrected chi connectivity index (χ4v) is 8.19. The summed E-state index contributed by atoms with van der Waals surface area (Å²) in [7, 11) is -3.89. The van der Waals surface area contributed by atoms with Crippen molar-refractivity contribution >= 4 is 21.8 Å². The van der Waals surface area contributed by atoms with Crippen molar-refractivity contribution in [1.82, 2.24) is 9.62 Å². The molecule has 1 atom stereocenters. The molecule has 3 aromatic carbocycles. The first-order chi connectivity index (χ1) is 16.9. The molecule has 0 radical (unpaired) electrons. The molecule has 1 unspecified atom stereocenters. The number of amides is 2. The number of hydrogen-bond donors (Lipinski definition) is 1. The Morgan fingerprint density at radius 3 is 2.17 bits per heavy atom. The topological polar surface area (TPSA) is 83.6 Å². The maximum absolute atomic E-state index is 13.1. The molecule has 6 nitrogen and oxygen atoms in total. The number of fused-ring (bicyclic) bond motifs is 2. The Hall–Kier alpha value is -3.45. The third kappa shape index (κ3) is 2.97. The van der Waals surface area contributed by atoms with Crippen LogP contribution in [0.3, 0.4) is 0 Å². The molecule has 3 aromatic rings. The Morgan fingerprint density at radius 2 is 1.54 bits per heavy atom. The first kappa shape index (κ1) is 20.9. The fourth-order valence-electron chi connectivity index (χ4n) is 6.34. The zero-order valence-corrected chi connectivity index (χ0v) is 19.8. The van der Waals surface area contributed by atoms with Crippen LogP contribution in [0.5, 0.6) is 0 Å². The minimum Gasteiger partial charge on any atom is -0.352 e. The highest BCUT2D eigenvalue weighted by Crippen LogP contribution is 2.55. The lowest BCUT2D eigenvalue weighted by Crippen LogP contribution is -2.39. The second kappa shape index (κ2) is 7.28. The van der Waals surface area contributed by atoms with E-state index in [2.05, 4.69) is 53.8 Å². The molecule has 35 heavy (non-hydrogen) atoms. The quantitative estimate of drug-likeness (QED) is 0.606. The monoisotopic (exact) mass is 484 g/mol. The van der Waals surface area contributed by atoms with Crippen LogP contribution < -0.4 is 5.32 Å². The Labute approximate surface area is 204 Å². The van der Waals surface area contributed by atoms with Crippen LogP contribution in [0.25, 0.3) is 0 Å². The molecule has 1 heterocycles. The molecule has 1 N–H and O–H groups in total. The van der Waals surface area contributed by atoms with Gasteiger partial charge in [0, 0.05) is 30.0 Å². The standard InChI is InChI=1S/C28H24N2O4S/c31-27(16-9-12-23-25(14-16)35(33,34)30(28(23)32)18-10-11-18)29-15-17-13-24-19-5-1-3-7-21(19)26(17)22-8-4-2-6-20(22)24/h1-9,12,14,17-18,24,26H,10-11,13,15H2,(H,29,31). The van der Waals surface area contributed by atoms with Crippen LogP contribution >= 0.6 is 0 Å². The molecule has 0 spiro atoms. The maximum atomic E-state index is 13.1. The van der Waals surface area contributed by atoms with Crippen LogP contribution in [0.15, 0.2) is 71.6 Å². The maximum Gasteiger partial charge on any atom is 0.269 e. The molecule has 1 aliphatic heterocycles. The number of sulfonamides is 1. The van der Waals surface area contributed by atoms with Crippen molar-refractivity contribution in [3.63, 3.8) is 0 Å². The summed E-state index contributed by atoms with van der Waals surface area (Å²) in [5.41, 5.74) is 5.86. The second-order valence-electron chi connectivity index (χ2n) is 10.0. The highest BCUT2D eigenvalue weighted by molar-refractivity contribution is 7.90. The van der Waals surface area contributed by atoms with E-state index in [0.717, 1.165) is 10.7 Å². The summed E-state index contributed by atoms with van der Waals surface area (Å²) in [6, 6.07) is 21.3. The van der Waals surface area contributed by atoms with Crippen molar-refractivity contribution in [1.29, 1.82) is 0 Å². The predicted molar refractivity (Wildman–Crippen MR) is 130 cm³/mol. The van der Waals surface area contributed by atoms with Crippen molar-refractivity contribution in [2.75, 3.05) is 6.54 Å². The summed E-state index contributed by atoms with van der Waals surface area (Å²) in [5, 5.41) is 3.06. The second-order valence-corrected chi connectivity index (χ2v) is 11.8. The van der Waals surface area contributed by atoms with Gasteiger partial charge in [0.25, 0.3) is 21.8 Å². The van der Waals surface area contributed by atoms with Gasteiger partial charge < -0.3 is 5.32 Å². The van der Waals surface area contributed by atoms with Gasteiger partial charge in [0.15, 0.2) is 0 Å². The summed E-state index contributed by atoms with van der Waals surface area (Å²) in [4.78, 5) is 25.7. The molecular formula is C28H24N2O4S.